The minimum absolute atomic E-state index is 0.0892. The molecule has 0 fully saturated rings. The van der Waals surface area contributed by atoms with Crippen molar-refractivity contribution in [2.45, 2.75) is 57.6 Å². The summed E-state index contributed by atoms with van der Waals surface area (Å²) in [6.45, 7) is 8.91. The van der Waals surface area contributed by atoms with Gasteiger partial charge in [-0.2, -0.15) is 0 Å². The van der Waals surface area contributed by atoms with E-state index in [1.54, 1.807) is 26.8 Å². The SMILES string of the molecule is CC(C)C[C@H](NC(=O)OC(C)(C)C)C(=O)N=S(N)(=O)c1cccnc1. The van der Waals surface area contributed by atoms with Crippen molar-refractivity contribution in [1.82, 2.24) is 10.3 Å². The molecular weight excluding hydrogens is 344 g/mol. The lowest BCUT2D eigenvalue weighted by Crippen LogP contribution is -2.44. The molecule has 0 aliphatic rings. The van der Waals surface area contributed by atoms with Crippen LogP contribution in [0, 0.1) is 5.92 Å². The molecule has 1 aromatic rings. The maximum Gasteiger partial charge on any atom is 0.408 e. The molecule has 0 radical (unpaired) electrons. The largest absolute Gasteiger partial charge is 0.444 e. The maximum atomic E-state index is 12.5. The van der Waals surface area contributed by atoms with Gasteiger partial charge in [-0.15, -0.1) is 4.36 Å². The van der Waals surface area contributed by atoms with Gasteiger partial charge in [0, 0.05) is 12.4 Å². The van der Waals surface area contributed by atoms with Crippen molar-refractivity contribution in [3.8, 4) is 0 Å². The highest BCUT2D eigenvalue weighted by molar-refractivity contribution is 7.91. The summed E-state index contributed by atoms with van der Waals surface area (Å²) < 4.78 is 21.3. The van der Waals surface area contributed by atoms with Crippen molar-refractivity contribution in [3.05, 3.63) is 24.5 Å². The molecule has 9 heteroatoms. The van der Waals surface area contributed by atoms with E-state index < -0.39 is 33.6 Å². The molecule has 0 bridgehead atoms. The van der Waals surface area contributed by atoms with Crippen LogP contribution in [-0.2, 0) is 19.4 Å². The van der Waals surface area contributed by atoms with E-state index in [1.165, 1.54) is 18.5 Å². The lowest BCUT2D eigenvalue weighted by atomic mass is 10.0. The molecule has 8 nitrogen and oxygen atoms in total. The van der Waals surface area contributed by atoms with E-state index in [0.717, 1.165) is 0 Å². The Hall–Kier alpha value is -2.00. The van der Waals surface area contributed by atoms with Crippen LogP contribution in [0.5, 0.6) is 0 Å². The highest BCUT2D eigenvalue weighted by Gasteiger charge is 2.26. The Morgan fingerprint density at radius 1 is 1.40 bits per heavy atom. The summed E-state index contributed by atoms with van der Waals surface area (Å²) in [5, 5.41) is 8.17. The number of carbonyl (C=O) groups is 2. The third-order valence-corrected chi connectivity index (χ3v) is 4.26. The first-order valence-electron chi connectivity index (χ1n) is 7.89. The second-order valence-electron chi connectivity index (χ2n) is 7.02. The Morgan fingerprint density at radius 3 is 2.52 bits per heavy atom. The molecule has 0 aliphatic heterocycles. The molecule has 0 saturated carbocycles. The van der Waals surface area contributed by atoms with Crippen molar-refractivity contribution >= 4 is 21.9 Å². The van der Waals surface area contributed by atoms with Crippen molar-refractivity contribution in [3.63, 3.8) is 0 Å². The van der Waals surface area contributed by atoms with Crippen LogP contribution in [-0.4, -0.2) is 32.8 Å². The van der Waals surface area contributed by atoms with Crippen molar-refractivity contribution in [1.29, 1.82) is 0 Å². The molecule has 140 valence electrons. The molecular formula is C16H26N4O4S. The van der Waals surface area contributed by atoms with Crippen molar-refractivity contribution in [2.75, 3.05) is 0 Å². The number of nitrogens with one attached hydrogen (secondary N) is 1. The normalized spacial score (nSPS) is 15.2. The highest BCUT2D eigenvalue weighted by Crippen LogP contribution is 2.12. The van der Waals surface area contributed by atoms with E-state index in [-0.39, 0.29) is 10.8 Å². The molecule has 0 aliphatic carbocycles. The van der Waals surface area contributed by atoms with Gasteiger partial charge in [-0.25, -0.2) is 14.1 Å². The third-order valence-electron chi connectivity index (χ3n) is 2.89. The Balaban J connectivity index is 3.03. The van der Waals surface area contributed by atoms with E-state index in [9.17, 15) is 13.8 Å². The fourth-order valence-electron chi connectivity index (χ4n) is 1.91. The number of rotatable bonds is 5. The van der Waals surface area contributed by atoms with Gasteiger partial charge >= 0.3 is 6.09 Å². The van der Waals surface area contributed by atoms with Crippen molar-refractivity contribution < 1.29 is 18.5 Å². The number of hydrogen-bond donors (Lipinski definition) is 2. The minimum Gasteiger partial charge on any atom is -0.444 e. The molecule has 1 unspecified atom stereocenters. The van der Waals surface area contributed by atoms with Gasteiger partial charge in [0.2, 0.25) is 0 Å². The average Bonchev–Trinajstić information content (AvgIpc) is 2.44. The predicted octanol–water partition coefficient (Wildman–Crippen LogP) is 2.25. The van der Waals surface area contributed by atoms with Gasteiger partial charge in [-0.3, -0.25) is 9.78 Å². The van der Waals surface area contributed by atoms with Gasteiger partial charge in [0.25, 0.3) is 5.91 Å². The molecule has 0 spiro atoms. The van der Waals surface area contributed by atoms with Gasteiger partial charge in [0.1, 0.15) is 21.6 Å². The molecule has 25 heavy (non-hydrogen) atoms. The number of nitrogens with two attached hydrogens (primary N) is 1. The zero-order chi connectivity index (χ0) is 19.3. The van der Waals surface area contributed by atoms with Gasteiger partial charge in [-0.1, -0.05) is 13.8 Å². The van der Waals surface area contributed by atoms with E-state index in [4.69, 9.17) is 9.88 Å². The second kappa shape index (κ2) is 8.39. The first-order valence-corrected chi connectivity index (χ1v) is 9.47. The Labute approximate surface area is 148 Å². The zero-order valence-corrected chi connectivity index (χ0v) is 16.0. The minimum atomic E-state index is -3.44. The fourth-order valence-corrected chi connectivity index (χ4v) is 2.90. The first kappa shape index (κ1) is 21.0. The third kappa shape index (κ3) is 7.61. The van der Waals surface area contributed by atoms with Crippen LogP contribution < -0.4 is 10.5 Å². The summed E-state index contributed by atoms with van der Waals surface area (Å²) in [5.74, 6) is -0.679. The van der Waals surface area contributed by atoms with Crippen LogP contribution in [0.3, 0.4) is 0 Å². The summed E-state index contributed by atoms with van der Waals surface area (Å²) in [5.41, 5.74) is -0.705. The number of nitrogens with zero attached hydrogens (tertiary/aromatic N) is 2. The van der Waals surface area contributed by atoms with Crippen LogP contribution >= 0.6 is 0 Å². The first-order chi connectivity index (χ1) is 11.4. The molecule has 3 N–H and O–H groups in total. The van der Waals surface area contributed by atoms with Crippen LogP contribution in [0.2, 0.25) is 0 Å². The molecule has 2 atom stereocenters. The second-order valence-corrected chi connectivity index (χ2v) is 8.81. The van der Waals surface area contributed by atoms with Crippen LogP contribution in [0.15, 0.2) is 33.8 Å². The van der Waals surface area contributed by atoms with Crippen LogP contribution in [0.4, 0.5) is 4.79 Å². The number of ether oxygens (including phenoxy) is 1. The Morgan fingerprint density at radius 2 is 2.04 bits per heavy atom. The average molecular weight is 370 g/mol. The molecule has 1 rings (SSSR count). The number of pyridine rings is 1. The molecule has 1 aromatic heterocycles. The summed E-state index contributed by atoms with van der Waals surface area (Å²) in [4.78, 5) is 28.4. The van der Waals surface area contributed by atoms with E-state index in [0.29, 0.717) is 6.42 Å². The van der Waals surface area contributed by atoms with E-state index >= 15 is 0 Å². The van der Waals surface area contributed by atoms with Gasteiger partial charge in [0.15, 0.2) is 0 Å². The van der Waals surface area contributed by atoms with E-state index in [2.05, 4.69) is 14.7 Å². The van der Waals surface area contributed by atoms with Crippen LogP contribution in [0.25, 0.3) is 0 Å². The highest BCUT2D eigenvalue weighted by atomic mass is 32.2. The Bertz CT molecular complexity index is 719. The quantitative estimate of drug-likeness (QED) is 0.822. The molecule has 2 amide bonds. The number of carbonyl (C=O) groups excluding carboxylic acids is 2. The summed E-state index contributed by atoms with van der Waals surface area (Å²) in [6.07, 6.45) is 2.35. The lowest BCUT2D eigenvalue weighted by molar-refractivity contribution is -0.120. The number of aromatic nitrogens is 1. The van der Waals surface area contributed by atoms with E-state index in [1.807, 2.05) is 13.8 Å². The van der Waals surface area contributed by atoms with Gasteiger partial charge in [0.05, 0.1) is 4.90 Å². The summed E-state index contributed by atoms with van der Waals surface area (Å²) in [6, 6.07) is 2.05. The molecule has 1 heterocycles. The molecule has 0 saturated heterocycles. The lowest BCUT2D eigenvalue weighted by Gasteiger charge is -2.23. The van der Waals surface area contributed by atoms with Gasteiger partial charge < -0.3 is 10.1 Å². The predicted molar refractivity (Wildman–Crippen MR) is 94.9 cm³/mol. The zero-order valence-electron chi connectivity index (χ0n) is 15.2. The summed E-state index contributed by atoms with van der Waals surface area (Å²) in [7, 11) is -3.44. The van der Waals surface area contributed by atoms with Crippen LogP contribution in [0.1, 0.15) is 41.0 Å². The maximum absolute atomic E-state index is 12.5. The van der Waals surface area contributed by atoms with Crippen molar-refractivity contribution in [2.24, 2.45) is 15.4 Å². The summed E-state index contributed by atoms with van der Waals surface area (Å²) >= 11 is 0. The Kier molecular flexibility index (Phi) is 7.06. The number of alkyl carbamates (subject to hydrolysis) is 1. The topological polar surface area (TPSA) is 124 Å². The molecule has 0 aromatic carbocycles. The number of hydrogen-bond acceptors (Lipinski definition) is 5. The number of amides is 2. The van der Waals surface area contributed by atoms with Gasteiger partial charge in [-0.05, 0) is 45.2 Å². The smallest absolute Gasteiger partial charge is 0.408 e. The monoisotopic (exact) mass is 370 g/mol. The standard InChI is InChI=1S/C16H26N4O4S/c1-11(2)9-13(19-15(22)24-16(3,4)5)14(21)20-25(17,23)12-7-6-8-18-10-12/h6-8,10-11,13H,9H2,1-5H3,(H,19,22)(H2,17,20,21,23)/t13-,25?/m0/s1. The fraction of sp³-hybridized carbons (Fsp3) is 0.562.